The average Bonchev–Trinajstić information content (AvgIpc) is 2.87. The van der Waals surface area contributed by atoms with Gasteiger partial charge in [-0.05, 0) is 19.1 Å². The molecule has 0 radical (unpaired) electrons. The molecule has 1 aliphatic rings. The summed E-state index contributed by atoms with van der Waals surface area (Å²) in [5, 5.41) is 2.91. The van der Waals surface area contributed by atoms with E-state index in [9.17, 15) is 9.59 Å². The predicted octanol–water partition coefficient (Wildman–Crippen LogP) is 3.00. The molecule has 1 heterocycles. The Bertz CT molecular complexity index is 809. The van der Waals surface area contributed by atoms with Crippen molar-refractivity contribution < 1.29 is 14.3 Å². The minimum atomic E-state index is -0.249. The van der Waals surface area contributed by atoms with Gasteiger partial charge in [0.05, 0.1) is 13.2 Å². The van der Waals surface area contributed by atoms with Crippen LogP contribution in [0.4, 0.5) is 0 Å². The summed E-state index contributed by atoms with van der Waals surface area (Å²) in [7, 11) is 1.59. The van der Waals surface area contributed by atoms with Crippen LogP contribution >= 0.6 is 0 Å². The number of hydrogen-bond donors (Lipinski definition) is 1. The second kappa shape index (κ2) is 6.81. The summed E-state index contributed by atoms with van der Waals surface area (Å²) in [5.74, 6) is 0.269. The zero-order valence-corrected chi connectivity index (χ0v) is 14.3. The molecule has 0 fully saturated rings. The van der Waals surface area contributed by atoms with Gasteiger partial charge in [-0.15, -0.1) is 0 Å². The molecule has 25 heavy (non-hydrogen) atoms. The van der Waals surface area contributed by atoms with E-state index >= 15 is 0 Å². The maximum absolute atomic E-state index is 12.5. The zero-order chi connectivity index (χ0) is 18.0. The van der Waals surface area contributed by atoms with E-state index in [1.807, 2.05) is 43.3 Å². The lowest BCUT2D eigenvalue weighted by Gasteiger charge is -2.21. The molecule has 0 spiro atoms. The number of hydrogen-bond acceptors (Lipinski definition) is 3. The summed E-state index contributed by atoms with van der Waals surface area (Å²) in [6.07, 6.45) is 0. The Balaban J connectivity index is 1.69. The predicted molar refractivity (Wildman–Crippen MR) is 96.1 cm³/mol. The first kappa shape index (κ1) is 16.8. The second-order valence-corrected chi connectivity index (χ2v) is 5.91. The molecule has 0 aromatic heterocycles. The van der Waals surface area contributed by atoms with Gasteiger partial charge in [0.2, 0.25) is 5.91 Å². The minimum absolute atomic E-state index is 0.0637. The fraction of sp³-hybridized carbons (Fsp3) is 0.200. The second-order valence-electron chi connectivity index (χ2n) is 5.91. The van der Waals surface area contributed by atoms with Gasteiger partial charge in [-0.1, -0.05) is 43.0 Å². The van der Waals surface area contributed by atoms with E-state index < -0.39 is 0 Å². The Labute approximate surface area is 146 Å². The van der Waals surface area contributed by atoms with E-state index in [1.165, 1.54) is 4.90 Å². The molecular formula is C20H20N2O3. The molecule has 2 aromatic carbocycles. The molecule has 128 valence electrons. The quantitative estimate of drug-likeness (QED) is 0.913. The lowest BCUT2D eigenvalue weighted by Crippen LogP contribution is -2.38. The molecule has 2 aromatic rings. The van der Waals surface area contributed by atoms with Crippen molar-refractivity contribution in [2.24, 2.45) is 0 Å². The first-order chi connectivity index (χ1) is 12.0. The van der Waals surface area contributed by atoms with Crippen LogP contribution in [0.5, 0.6) is 5.75 Å². The van der Waals surface area contributed by atoms with E-state index in [4.69, 9.17) is 4.74 Å². The van der Waals surface area contributed by atoms with Gasteiger partial charge in [0.1, 0.15) is 12.3 Å². The van der Waals surface area contributed by atoms with E-state index in [2.05, 4.69) is 11.9 Å². The molecule has 0 bridgehead atoms. The third-order valence-corrected chi connectivity index (χ3v) is 4.32. The number of benzene rings is 2. The number of rotatable bonds is 5. The lowest BCUT2D eigenvalue weighted by molar-refractivity contribution is -0.121. The van der Waals surface area contributed by atoms with Gasteiger partial charge in [-0.25, -0.2) is 0 Å². The van der Waals surface area contributed by atoms with Crippen LogP contribution in [0.25, 0.3) is 5.70 Å². The van der Waals surface area contributed by atoms with Crippen molar-refractivity contribution in [1.82, 2.24) is 10.2 Å². The number of nitrogens with one attached hydrogen (secondary N) is 1. The molecule has 5 heteroatoms. The summed E-state index contributed by atoms with van der Waals surface area (Å²) in [4.78, 5) is 26.3. The van der Waals surface area contributed by atoms with Gasteiger partial charge in [0.15, 0.2) is 0 Å². The average molecular weight is 336 g/mol. The maximum Gasteiger partial charge on any atom is 0.259 e. The Morgan fingerprint density at radius 3 is 2.48 bits per heavy atom. The summed E-state index contributed by atoms with van der Waals surface area (Å²) in [6, 6.07) is 14.5. The van der Waals surface area contributed by atoms with Gasteiger partial charge in [-0.3, -0.25) is 14.5 Å². The molecule has 5 nitrogen and oxygen atoms in total. The Morgan fingerprint density at radius 1 is 1.16 bits per heavy atom. The van der Waals surface area contributed by atoms with E-state index in [-0.39, 0.29) is 24.4 Å². The van der Waals surface area contributed by atoms with Crippen LogP contribution in [0.2, 0.25) is 0 Å². The maximum atomic E-state index is 12.5. The van der Waals surface area contributed by atoms with Crippen molar-refractivity contribution >= 4 is 17.5 Å². The topological polar surface area (TPSA) is 58.6 Å². The number of methoxy groups -OCH3 is 1. The van der Waals surface area contributed by atoms with E-state index in [1.54, 1.807) is 19.2 Å². The Morgan fingerprint density at radius 2 is 1.80 bits per heavy atom. The summed E-state index contributed by atoms with van der Waals surface area (Å²) in [6.45, 7) is 5.77. The number of ether oxygens (including phenoxy) is 1. The van der Waals surface area contributed by atoms with Crippen molar-refractivity contribution in [3.8, 4) is 5.75 Å². The SMILES string of the molecule is C=C1c2ccccc2C(=O)N1CC(=O)NC(C)c1ccccc1OC. The smallest absolute Gasteiger partial charge is 0.259 e. The van der Waals surface area contributed by atoms with Crippen LogP contribution in [-0.4, -0.2) is 30.4 Å². The number of fused-ring (bicyclic) bond motifs is 1. The third-order valence-electron chi connectivity index (χ3n) is 4.32. The molecule has 1 N–H and O–H groups in total. The highest BCUT2D eigenvalue weighted by molar-refractivity contribution is 6.10. The molecule has 0 saturated carbocycles. The van der Waals surface area contributed by atoms with Gasteiger partial charge in [-0.2, -0.15) is 0 Å². The van der Waals surface area contributed by atoms with Crippen molar-refractivity contribution in [1.29, 1.82) is 0 Å². The number of carbonyl (C=O) groups excluding carboxylic acids is 2. The molecular weight excluding hydrogens is 316 g/mol. The highest BCUT2D eigenvalue weighted by atomic mass is 16.5. The fourth-order valence-corrected chi connectivity index (χ4v) is 3.03. The lowest BCUT2D eigenvalue weighted by atomic mass is 10.1. The molecule has 2 amide bonds. The van der Waals surface area contributed by atoms with Gasteiger partial charge in [0, 0.05) is 22.4 Å². The van der Waals surface area contributed by atoms with Crippen LogP contribution in [0.15, 0.2) is 55.1 Å². The molecule has 0 aliphatic carbocycles. The fourth-order valence-electron chi connectivity index (χ4n) is 3.03. The largest absolute Gasteiger partial charge is 0.496 e. The highest BCUT2D eigenvalue weighted by Crippen LogP contribution is 2.31. The van der Waals surface area contributed by atoms with Crippen LogP contribution in [0.1, 0.15) is 34.5 Å². The molecule has 1 atom stereocenters. The molecule has 1 aliphatic heterocycles. The monoisotopic (exact) mass is 336 g/mol. The number of nitrogens with zero attached hydrogens (tertiary/aromatic N) is 1. The molecule has 0 saturated heterocycles. The molecule has 3 rings (SSSR count). The van der Waals surface area contributed by atoms with Crippen LogP contribution in [-0.2, 0) is 4.79 Å². The number of amides is 2. The summed E-state index contributed by atoms with van der Waals surface area (Å²) < 4.78 is 5.33. The van der Waals surface area contributed by atoms with Gasteiger partial charge < -0.3 is 10.1 Å². The van der Waals surface area contributed by atoms with E-state index in [0.29, 0.717) is 17.0 Å². The number of carbonyl (C=O) groups is 2. The highest BCUT2D eigenvalue weighted by Gasteiger charge is 2.32. The summed E-state index contributed by atoms with van der Waals surface area (Å²) >= 11 is 0. The first-order valence-electron chi connectivity index (χ1n) is 8.05. The summed E-state index contributed by atoms with van der Waals surface area (Å²) in [5.41, 5.74) is 2.80. The van der Waals surface area contributed by atoms with E-state index in [0.717, 1.165) is 11.1 Å². The van der Waals surface area contributed by atoms with Crippen LogP contribution in [0, 0.1) is 0 Å². The third kappa shape index (κ3) is 3.13. The molecule has 1 unspecified atom stereocenters. The van der Waals surface area contributed by atoms with Crippen molar-refractivity contribution in [3.63, 3.8) is 0 Å². The van der Waals surface area contributed by atoms with Crippen molar-refractivity contribution in [3.05, 3.63) is 71.8 Å². The van der Waals surface area contributed by atoms with Crippen LogP contribution in [0.3, 0.4) is 0 Å². The Hall–Kier alpha value is -3.08. The van der Waals surface area contributed by atoms with Gasteiger partial charge in [0.25, 0.3) is 5.91 Å². The van der Waals surface area contributed by atoms with Crippen molar-refractivity contribution in [2.75, 3.05) is 13.7 Å². The minimum Gasteiger partial charge on any atom is -0.496 e. The normalized spacial score (nSPS) is 14.2. The standard InChI is InChI=1S/C20H20N2O3/c1-13(15-8-6-7-11-18(15)25-3)21-19(23)12-22-14(2)16-9-4-5-10-17(16)20(22)24/h4-11,13H,2,12H2,1,3H3,(H,21,23). The van der Waals surface area contributed by atoms with Crippen molar-refractivity contribution in [2.45, 2.75) is 13.0 Å². The Kier molecular flexibility index (Phi) is 4.57. The van der Waals surface area contributed by atoms with Gasteiger partial charge >= 0.3 is 0 Å². The van der Waals surface area contributed by atoms with Crippen LogP contribution < -0.4 is 10.1 Å². The zero-order valence-electron chi connectivity index (χ0n) is 14.3. The first-order valence-corrected chi connectivity index (χ1v) is 8.05. The number of para-hydroxylation sites is 1.